The second-order valence-corrected chi connectivity index (χ2v) is 8.75. The molecule has 3 atom stereocenters. The van der Waals surface area contributed by atoms with Crippen molar-refractivity contribution in [1.29, 1.82) is 0 Å². The number of hydrogen-bond acceptors (Lipinski definition) is 4. The fourth-order valence-corrected chi connectivity index (χ4v) is 3.99. The Balaban J connectivity index is 2.53. The third kappa shape index (κ3) is 4.47. The van der Waals surface area contributed by atoms with Crippen LogP contribution in [-0.2, 0) is 4.79 Å². The molecule has 3 unspecified atom stereocenters. The normalized spacial score (nSPS) is 28.1. The van der Waals surface area contributed by atoms with Crippen molar-refractivity contribution < 1.29 is 46.6 Å². The predicted octanol–water partition coefficient (Wildman–Crippen LogP) is 3.26. The standard InChI is InChI=1S/C19H23F4NO5/c1-17(2,3)24(16(27)28)9-12(8-18(4,10-24)15(25)26)11-5-6-14(13(20)7-11)29-19(21,22)23/h5-7,12H,8-10H2,1-4H3,(H-,25,26,27,28). The van der Waals surface area contributed by atoms with Crippen molar-refractivity contribution in [3.63, 3.8) is 0 Å². The van der Waals surface area contributed by atoms with Gasteiger partial charge in [0, 0.05) is 5.92 Å². The molecular formula is C19H23F4NO5. The van der Waals surface area contributed by atoms with Crippen LogP contribution in [0.25, 0.3) is 0 Å². The molecule has 1 aromatic rings. The van der Waals surface area contributed by atoms with Gasteiger partial charge in [-0.2, -0.15) is 0 Å². The third-order valence-corrected chi connectivity index (χ3v) is 5.65. The smallest absolute Gasteiger partial charge is 0.498 e. The second kappa shape index (κ2) is 7.16. The van der Waals surface area contributed by atoms with Crippen LogP contribution in [0.2, 0.25) is 0 Å². The van der Waals surface area contributed by atoms with Crippen LogP contribution < -0.4 is 9.84 Å². The van der Waals surface area contributed by atoms with Crippen molar-refractivity contribution in [3.8, 4) is 5.75 Å². The highest BCUT2D eigenvalue weighted by Crippen LogP contribution is 2.45. The molecule has 1 saturated heterocycles. The lowest BCUT2D eigenvalue weighted by molar-refractivity contribution is -0.930. The van der Waals surface area contributed by atoms with E-state index in [4.69, 9.17) is 0 Å². The number of carbonyl (C=O) groups excluding carboxylic acids is 1. The Morgan fingerprint density at radius 1 is 1.28 bits per heavy atom. The van der Waals surface area contributed by atoms with Crippen LogP contribution in [0.15, 0.2) is 18.2 Å². The lowest BCUT2D eigenvalue weighted by Crippen LogP contribution is -2.74. The number of halogens is 4. The van der Waals surface area contributed by atoms with Crippen LogP contribution in [0.4, 0.5) is 22.4 Å². The first-order chi connectivity index (χ1) is 13.0. The van der Waals surface area contributed by atoms with E-state index < -0.39 is 51.3 Å². The van der Waals surface area contributed by atoms with E-state index in [1.54, 1.807) is 20.8 Å². The van der Waals surface area contributed by atoms with Gasteiger partial charge < -0.3 is 19.7 Å². The number of rotatable bonds is 3. The van der Waals surface area contributed by atoms with Crippen LogP contribution in [0.1, 0.15) is 45.6 Å². The fraction of sp³-hybridized carbons (Fsp3) is 0.579. The van der Waals surface area contributed by atoms with Crippen molar-refractivity contribution >= 4 is 12.1 Å². The van der Waals surface area contributed by atoms with E-state index in [1.807, 2.05) is 0 Å². The van der Waals surface area contributed by atoms with Gasteiger partial charge in [-0.1, -0.05) is 6.07 Å². The number of carboxylic acid groups (broad SMARTS) is 2. The largest absolute Gasteiger partial charge is 0.573 e. The molecule has 0 spiro atoms. The number of likely N-dealkylation sites (tertiary alicyclic amines) is 1. The number of quaternary nitrogens is 1. The minimum Gasteiger partial charge on any atom is -0.498 e. The summed E-state index contributed by atoms with van der Waals surface area (Å²) in [4.78, 5) is 24.1. The van der Waals surface area contributed by atoms with Gasteiger partial charge in [0.2, 0.25) is 0 Å². The Hall–Kier alpha value is -2.36. The van der Waals surface area contributed by atoms with Gasteiger partial charge in [0.1, 0.15) is 12.0 Å². The molecule has 10 heteroatoms. The molecule has 1 aromatic carbocycles. The molecule has 6 nitrogen and oxygen atoms in total. The van der Waals surface area contributed by atoms with Crippen LogP contribution in [0.3, 0.4) is 0 Å². The Kier molecular flexibility index (Phi) is 5.66. The van der Waals surface area contributed by atoms with E-state index in [0.717, 1.165) is 12.1 Å². The van der Waals surface area contributed by atoms with Crippen LogP contribution in [0, 0.1) is 11.2 Å². The van der Waals surface area contributed by atoms with E-state index in [-0.39, 0.29) is 25.1 Å². The van der Waals surface area contributed by atoms with Gasteiger partial charge in [-0.3, -0.25) is 9.28 Å². The summed E-state index contributed by atoms with van der Waals surface area (Å²) in [6.07, 6.45) is -6.54. The molecule has 0 aliphatic carbocycles. The highest BCUT2D eigenvalue weighted by Gasteiger charge is 2.56. The number of carboxylic acids is 1. The number of benzene rings is 1. The molecule has 1 fully saturated rings. The summed E-state index contributed by atoms with van der Waals surface area (Å²) in [5.41, 5.74) is -2.21. The van der Waals surface area contributed by atoms with Gasteiger partial charge in [0.25, 0.3) is 6.09 Å². The zero-order valence-corrected chi connectivity index (χ0v) is 16.5. The Labute approximate surface area is 165 Å². The first kappa shape index (κ1) is 22.9. The molecule has 0 aromatic heterocycles. The summed E-state index contributed by atoms with van der Waals surface area (Å²) in [6, 6.07) is 2.82. The highest BCUT2D eigenvalue weighted by atomic mass is 19.4. The molecule has 0 bridgehead atoms. The van der Waals surface area contributed by atoms with Crippen molar-refractivity contribution in [2.75, 3.05) is 13.1 Å². The summed E-state index contributed by atoms with van der Waals surface area (Å²) in [5, 5.41) is 21.9. The van der Waals surface area contributed by atoms with Gasteiger partial charge in [0.15, 0.2) is 11.6 Å². The van der Waals surface area contributed by atoms with Gasteiger partial charge in [-0.15, -0.1) is 13.2 Å². The van der Waals surface area contributed by atoms with E-state index in [0.29, 0.717) is 0 Å². The number of piperidine rings is 1. The molecule has 0 radical (unpaired) electrons. The topological polar surface area (TPSA) is 86.7 Å². The first-order valence-corrected chi connectivity index (χ1v) is 8.88. The predicted molar refractivity (Wildman–Crippen MR) is 91.3 cm³/mol. The van der Waals surface area contributed by atoms with Crippen LogP contribution in [0.5, 0.6) is 5.75 Å². The minimum absolute atomic E-state index is 0.00932. The number of carbonyl (C=O) groups is 2. The van der Waals surface area contributed by atoms with Crippen LogP contribution in [-0.4, -0.2) is 46.6 Å². The molecule has 1 amide bonds. The molecule has 2 rings (SSSR count). The van der Waals surface area contributed by atoms with E-state index in [9.17, 15) is 37.4 Å². The maximum atomic E-state index is 14.2. The molecule has 1 aliphatic heterocycles. The summed E-state index contributed by atoms with van der Waals surface area (Å²) >= 11 is 0. The molecule has 1 N–H and O–H groups in total. The number of hydrogen-bond donors (Lipinski definition) is 1. The molecule has 162 valence electrons. The van der Waals surface area contributed by atoms with Crippen molar-refractivity contribution in [1.82, 2.24) is 0 Å². The molecular weight excluding hydrogens is 398 g/mol. The zero-order valence-electron chi connectivity index (χ0n) is 16.5. The summed E-state index contributed by atoms with van der Waals surface area (Å²) in [5.74, 6) is -4.25. The molecule has 0 saturated carbocycles. The number of nitrogens with zero attached hydrogens (tertiary/aromatic N) is 1. The van der Waals surface area contributed by atoms with Gasteiger partial charge in [-0.25, -0.2) is 4.39 Å². The summed E-state index contributed by atoms with van der Waals surface area (Å²) < 4.78 is 54.2. The van der Waals surface area contributed by atoms with Gasteiger partial charge in [-0.05, 0) is 51.8 Å². The fourth-order valence-electron chi connectivity index (χ4n) is 3.99. The number of amides is 1. The average molecular weight is 421 g/mol. The highest BCUT2D eigenvalue weighted by molar-refractivity contribution is 5.75. The molecule has 1 aliphatic rings. The van der Waals surface area contributed by atoms with Gasteiger partial charge in [0.05, 0.1) is 12.1 Å². The maximum absolute atomic E-state index is 14.2. The summed E-state index contributed by atoms with van der Waals surface area (Å²) in [6.45, 7) is 5.98. The van der Waals surface area contributed by atoms with E-state index >= 15 is 0 Å². The SMILES string of the molecule is CC1(C(=O)O)CC(c2ccc(OC(F)(F)F)c(F)c2)C[N+](C(=O)[O-])(C(C)(C)C)C1. The Bertz CT molecular complexity index is 820. The quantitative estimate of drug-likeness (QED) is 0.598. The Morgan fingerprint density at radius 2 is 1.86 bits per heavy atom. The van der Waals surface area contributed by atoms with Crippen molar-refractivity contribution in [2.24, 2.45) is 5.41 Å². The molecule has 29 heavy (non-hydrogen) atoms. The number of ether oxygens (including phenoxy) is 1. The van der Waals surface area contributed by atoms with E-state index in [2.05, 4.69) is 4.74 Å². The first-order valence-electron chi connectivity index (χ1n) is 8.88. The summed E-state index contributed by atoms with van der Waals surface area (Å²) in [7, 11) is 0. The van der Waals surface area contributed by atoms with Crippen molar-refractivity contribution in [3.05, 3.63) is 29.6 Å². The number of alkyl halides is 3. The van der Waals surface area contributed by atoms with Crippen molar-refractivity contribution in [2.45, 2.75) is 51.9 Å². The van der Waals surface area contributed by atoms with E-state index in [1.165, 1.54) is 13.0 Å². The third-order valence-electron chi connectivity index (χ3n) is 5.65. The monoisotopic (exact) mass is 421 g/mol. The Morgan fingerprint density at radius 3 is 2.28 bits per heavy atom. The second-order valence-electron chi connectivity index (χ2n) is 8.75. The average Bonchev–Trinajstić information content (AvgIpc) is 2.53. The zero-order chi connectivity index (χ0) is 22.4. The minimum atomic E-state index is -5.07. The maximum Gasteiger partial charge on any atom is 0.573 e. The van der Waals surface area contributed by atoms with Crippen LogP contribution >= 0.6 is 0 Å². The van der Waals surface area contributed by atoms with Gasteiger partial charge >= 0.3 is 12.3 Å². The number of aliphatic carboxylic acids is 1. The lowest BCUT2D eigenvalue weighted by Gasteiger charge is -2.55. The lowest BCUT2D eigenvalue weighted by atomic mass is 9.72. The molecule has 1 heterocycles.